The highest BCUT2D eigenvalue weighted by Gasteiger charge is 2.22. The predicted molar refractivity (Wildman–Crippen MR) is 88.6 cm³/mol. The van der Waals surface area contributed by atoms with Crippen molar-refractivity contribution >= 4 is 6.09 Å². The van der Waals surface area contributed by atoms with Gasteiger partial charge in [-0.05, 0) is 23.3 Å². The summed E-state index contributed by atoms with van der Waals surface area (Å²) < 4.78 is 10.1. The summed E-state index contributed by atoms with van der Waals surface area (Å²) in [4.78, 5) is 11.8. The van der Waals surface area contributed by atoms with E-state index in [2.05, 4.69) is 5.32 Å². The molecule has 6 heteroatoms. The molecule has 0 aromatic heterocycles. The monoisotopic (exact) mass is 331 g/mol. The Morgan fingerprint density at radius 2 is 1.79 bits per heavy atom. The molecule has 2 aromatic carbocycles. The molecule has 3 N–H and O–H groups in total. The Hall–Kier alpha value is -2.57. The van der Waals surface area contributed by atoms with Gasteiger partial charge in [0.05, 0.1) is 19.8 Å². The first-order valence-electron chi connectivity index (χ1n) is 7.54. The van der Waals surface area contributed by atoms with Crippen molar-refractivity contribution in [1.82, 2.24) is 5.32 Å². The highest BCUT2D eigenvalue weighted by Crippen LogP contribution is 2.20. The minimum atomic E-state index is -1.06. The first-order chi connectivity index (χ1) is 11.6. The zero-order chi connectivity index (χ0) is 17.4. The van der Waals surface area contributed by atoms with Crippen LogP contribution in [0.3, 0.4) is 0 Å². The van der Waals surface area contributed by atoms with Crippen molar-refractivity contribution in [3.63, 3.8) is 0 Å². The van der Waals surface area contributed by atoms with E-state index in [1.54, 1.807) is 31.4 Å². The van der Waals surface area contributed by atoms with Crippen molar-refractivity contribution in [3.8, 4) is 5.75 Å². The largest absolute Gasteiger partial charge is 0.497 e. The second-order valence-electron chi connectivity index (χ2n) is 5.21. The van der Waals surface area contributed by atoms with Crippen LogP contribution < -0.4 is 10.1 Å². The number of benzene rings is 2. The van der Waals surface area contributed by atoms with E-state index in [0.717, 1.165) is 5.56 Å². The molecule has 0 aliphatic carbocycles. The van der Waals surface area contributed by atoms with Crippen molar-refractivity contribution in [2.45, 2.75) is 18.8 Å². The van der Waals surface area contributed by atoms with Crippen LogP contribution in [0.15, 0.2) is 54.6 Å². The maximum Gasteiger partial charge on any atom is 0.407 e. The Bertz CT molecular complexity index is 630. The number of carbonyl (C=O) groups excluding carboxylic acids is 1. The second-order valence-corrected chi connectivity index (χ2v) is 5.21. The average Bonchev–Trinajstić information content (AvgIpc) is 2.64. The van der Waals surface area contributed by atoms with Crippen LogP contribution in [0.4, 0.5) is 4.79 Å². The van der Waals surface area contributed by atoms with Gasteiger partial charge < -0.3 is 25.0 Å². The Morgan fingerprint density at radius 1 is 1.12 bits per heavy atom. The second kappa shape index (κ2) is 8.90. The van der Waals surface area contributed by atoms with E-state index in [-0.39, 0.29) is 6.61 Å². The fraction of sp³-hybridized carbons (Fsp3) is 0.278. The van der Waals surface area contributed by atoms with Gasteiger partial charge in [-0.1, -0.05) is 42.5 Å². The molecule has 2 rings (SSSR count). The summed E-state index contributed by atoms with van der Waals surface area (Å²) in [5, 5.41) is 22.2. The van der Waals surface area contributed by atoms with Crippen molar-refractivity contribution in [3.05, 3.63) is 65.7 Å². The molecule has 0 heterocycles. The van der Waals surface area contributed by atoms with Gasteiger partial charge in [-0.15, -0.1) is 0 Å². The lowest BCUT2D eigenvalue weighted by Crippen LogP contribution is -2.42. The van der Waals surface area contributed by atoms with Crippen LogP contribution in [-0.4, -0.2) is 36.1 Å². The summed E-state index contributed by atoms with van der Waals surface area (Å²) in [6.07, 6.45) is -1.77. The molecule has 24 heavy (non-hydrogen) atoms. The molecule has 2 unspecified atom stereocenters. The highest BCUT2D eigenvalue weighted by molar-refractivity contribution is 5.67. The quantitative estimate of drug-likeness (QED) is 0.722. The maximum absolute atomic E-state index is 11.8. The molecule has 0 aliphatic heterocycles. The molecular weight excluding hydrogens is 310 g/mol. The number of hydrogen-bond acceptors (Lipinski definition) is 5. The van der Waals surface area contributed by atoms with E-state index in [4.69, 9.17) is 9.47 Å². The molecule has 0 saturated heterocycles. The summed E-state index contributed by atoms with van der Waals surface area (Å²) in [6, 6.07) is 15.1. The number of amides is 1. The zero-order valence-electron chi connectivity index (χ0n) is 13.4. The van der Waals surface area contributed by atoms with E-state index in [9.17, 15) is 15.0 Å². The van der Waals surface area contributed by atoms with Gasteiger partial charge >= 0.3 is 6.09 Å². The van der Waals surface area contributed by atoms with Crippen LogP contribution in [0.2, 0.25) is 0 Å². The fourth-order valence-electron chi connectivity index (χ4n) is 2.17. The molecule has 0 bridgehead atoms. The molecule has 0 radical (unpaired) electrons. The fourth-order valence-corrected chi connectivity index (χ4v) is 2.17. The molecule has 2 atom stereocenters. The maximum atomic E-state index is 11.8. The third-order valence-electron chi connectivity index (χ3n) is 3.55. The first kappa shape index (κ1) is 17.8. The molecule has 0 saturated carbocycles. The minimum Gasteiger partial charge on any atom is -0.497 e. The van der Waals surface area contributed by atoms with Gasteiger partial charge in [0.1, 0.15) is 18.5 Å². The molecule has 2 aromatic rings. The molecule has 128 valence electrons. The summed E-state index contributed by atoms with van der Waals surface area (Å²) in [7, 11) is 1.55. The molecule has 0 fully saturated rings. The van der Waals surface area contributed by atoms with Crippen molar-refractivity contribution < 1.29 is 24.5 Å². The highest BCUT2D eigenvalue weighted by atomic mass is 16.5. The number of hydrogen-bond donors (Lipinski definition) is 3. The Labute approximate surface area is 140 Å². The standard InChI is InChI=1S/C18H21NO5/c1-23-15-9-7-14(8-10-15)17(21)16(11-20)19-18(22)24-12-13-5-3-2-4-6-13/h2-10,16-17,20-21H,11-12H2,1H3,(H,19,22). The summed E-state index contributed by atoms with van der Waals surface area (Å²) >= 11 is 0. The number of aliphatic hydroxyl groups excluding tert-OH is 2. The van der Waals surface area contributed by atoms with Gasteiger partial charge in [-0.2, -0.15) is 0 Å². The SMILES string of the molecule is COc1ccc(C(O)C(CO)NC(=O)OCc2ccccc2)cc1. The van der Waals surface area contributed by atoms with Gasteiger partial charge in [-0.25, -0.2) is 4.79 Å². The zero-order valence-corrected chi connectivity index (χ0v) is 13.4. The topological polar surface area (TPSA) is 88.0 Å². The van der Waals surface area contributed by atoms with Crippen molar-refractivity contribution in [2.24, 2.45) is 0 Å². The number of ether oxygens (including phenoxy) is 2. The third kappa shape index (κ3) is 4.97. The third-order valence-corrected chi connectivity index (χ3v) is 3.55. The van der Waals surface area contributed by atoms with Gasteiger partial charge in [0.15, 0.2) is 0 Å². The number of nitrogens with one attached hydrogen (secondary N) is 1. The smallest absolute Gasteiger partial charge is 0.407 e. The number of carbonyl (C=O) groups is 1. The Kier molecular flexibility index (Phi) is 6.60. The van der Waals surface area contributed by atoms with Gasteiger partial charge in [-0.3, -0.25) is 0 Å². The van der Waals surface area contributed by atoms with E-state index in [0.29, 0.717) is 11.3 Å². The molecule has 0 aliphatic rings. The molecule has 1 amide bonds. The number of alkyl carbamates (subject to hydrolysis) is 1. The Morgan fingerprint density at radius 3 is 2.38 bits per heavy atom. The first-order valence-corrected chi connectivity index (χ1v) is 7.54. The predicted octanol–water partition coefficient (Wildman–Crippen LogP) is 2.02. The van der Waals surface area contributed by atoms with Crippen molar-refractivity contribution in [2.75, 3.05) is 13.7 Å². The van der Waals surface area contributed by atoms with Crippen LogP contribution in [0.25, 0.3) is 0 Å². The van der Waals surface area contributed by atoms with Crippen molar-refractivity contribution in [1.29, 1.82) is 0 Å². The average molecular weight is 331 g/mol. The lowest BCUT2D eigenvalue weighted by Gasteiger charge is -2.22. The summed E-state index contributed by atoms with van der Waals surface area (Å²) in [6.45, 7) is -0.308. The number of methoxy groups -OCH3 is 1. The number of aliphatic hydroxyl groups is 2. The summed E-state index contributed by atoms with van der Waals surface area (Å²) in [5.41, 5.74) is 1.40. The van der Waals surface area contributed by atoms with E-state index < -0.39 is 24.8 Å². The van der Waals surface area contributed by atoms with Gasteiger partial charge in [0.25, 0.3) is 0 Å². The van der Waals surface area contributed by atoms with Crippen LogP contribution in [0.1, 0.15) is 17.2 Å². The molecule has 0 spiro atoms. The normalized spacial score (nSPS) is 13.0. The lowest BCUT2D eigenvalue weighted by molar-refractivity contribution is 0.0763. The van der Waals surface area contributed by atoms with Crippen LogP contribution >= 0.6 is 0 Å². The Balaban J connectivity index is 1.90. The minimum absolute atomic E-state index is 0.115. The van der Waals surface area contributed by atoms with Crippen LogP contribution in [0.5, 0.6) is 5.75 Å². The lowest BCUT2D eigenvalue weighted by atomic mass is 10.0. The van der Waals surface area contributed by atoms with Crippen LogP contribution in [0, 0.1) is 0 Å². The van der Waals surface area contributed by atoms with E-state index >= 15 is 0 Å². The van der Waals surface area contributed by atoms with Crippen LogP contribution in [-0.2, 0) is 11.3 Å². The van der Waals surface area contributed by atoms with E-state index in [1.165, 1.54) is 0 Å². The number of rotatable bonds is 7. The van der Waals surface area contributed by atoms with E-state index in [1.807, 2.05) is 30.3 Å². The summed E-state index contributed by atoms with van der Waals surface area (Å²) in [5.74, 6) is 0.654. The molecular formula is C18H21NO5. The van der Waals surface area contributed by atoms with Gasteiger partial charge in [0, 0.05) is 0 Å². The van der Waals surface area contributed by atoms with Gasteiger partial charge in [0.2, 0.25) is 0 Å². The molecule has 6 nitrogen and oxygen atoms in total.